The molecule has 0 saturated heterocycles. The number of nitrogens with one attached hydrogen (secondary N) is 1. The number of amides is 1. The molecule has 0 fully saturated rings. The molecular formula is C16H30N2O3S. The highest BCUT2D eigenvalue weighted by Gasteiger charge is 2.09. The number of anilines is 1. The third kappa shape index (κ3) is 12.2. The zero-order chi connectivity index (χ0) is 17.8. The highest BCUT2D eigenvalue weighted by Crippen LogP contribution is 2.21. The molecule has 0 aliphatic rings. The van der Waals surface area contributed by atoms with E-state index in [1.54, 1.807) is 19.0 Å². The maximum atomic E-state index is 11.4. The summed E-state index contributed by atoms with van der Waals surface area (Å²) >= 11 is 1.47. The smallest absolute Gasteiger partial charge is 0.293 e. The summed E-state index contributed by atoms with van der Waals surface area (Å²) in [4.78, 5) is 23.3. The lowest BCUT2D eigenvalue weighted by Gasteiger charge is -2.14. The molecule has 6 heteroatoms. The SMILES string of the molecule is CC(C)(C)OC=O.CCC.CNc1ccc(C(=O)N(C)C)s1. The van der Waals surface area contributed by atoms with Crippen LogP contribution in [0.2, 0.25) is 0 Å². The van der Waals surface area contributed by atoms with Gasteiger partial charge in [0, 0.05) is 21.1 Å². The van der Waals surface area contributed by atoms with Gasteiger partial charge in [-0.2, -0.15) is 0 Å². The summed E-state index contributed by atoms with van der Waals surface area (Å²) in [6, 6.07) is 3.74. The Bertz CT molecular complexity index is 423. The van der Waals surface area contributed by atoms with E-state index in [0.29, 0.717) is 6.47 Å². The van der Waals surface area contributed by atoms with Gasteiger partial charge in [-0.05, 0) is 32.9 Å². The molecule has 0 aromatic carbocycles. The van der Waals surface area contributed by atoms with Crippen LogP contribution in [-0.2, 0) is 9.53 Å². The number of hydrogen-bond acceptors (Lipinski definition) is 5. The fourth-order valence-corrected chi connectivity index (χ4v) is 1.83. The summed E-state index contributed by atoms with van der Waals surface area (Å²) in [6.07, 6.45) is 1.25. The van der Waals surface area contributed by atoms with Gasteiger partial charge in [0.1, 0.15) is 5.60 Å². The van der Waals surface area contributed by atoms with E-state index in [0.717, 1.165) is 9.88 Å². The van der Waals surface area contributed by atoms with E-state index in [4.69, 9.17) is 0 Å². The van der Waals surface area contributed by atoms with Gasteiger partial charge in [0.25, 0.3) is 12.4 Å². The van der Waals surface area contributed by atoms with Crippen LogP contribution in [0.25, 0.3) is 0 Å². The van der Waals surface area contributed by atoms with Gasteiger partial charge in [0.05, 0.1) is 9.88 Å². The van der Waals surface area contributed by atoms with Crippen LogP contribution in [0.15, 0.2) is 12.1 Å². The maximum Gasteiger partial charge on any atom is 0.293 e. The lowest BCUT2D eigenvalue weighted by atomic mass is 10.2. The first kappa shape index (κ1) is 22.7. The summed E-state index contributed by atoms with van der Waals surface area (Å²) in [5, 5.41) is 4.00. The van der Waals surface area contributed by atoms with E-state index >= 15 is 0 Å². The molecule has 1 rings (SSSR count). The average molecular weight is 330 g/mol. The molecule has 0 spiro atoms. The second kappa shape index (κ2) is 12.0. The van der Waals surface area contributed by atoms with Crippen molar-refractivity contribution in [3.05, 3.63) is 17.0 Å². The predicted octanol–water partition coefficient (Wildman–Crippen LogP) is 3.87. The van der Waals surface area contributed by atoms with E-state index in [-0.39, 0.29) is 11.5 Å². The number of carbonyl (C=O) groups excluding carboxylic acids is 2. The molecule has 22 heavy (non-hydrogen) atoms. The molecule has 128 valence electrons. The second-order valence-electron chi connectivity index (χ2n) is 5.65. The van der Waals surface area contributed by atoms with Crippen molar-refractivity contribution in [2.45, 2.75) is 46.6 Å². The summed E-state index contributed by atoms with van der Waals surface area (Å²) < 4.78 is 4.55. The molecule has 0 saturated carbocycles. The molecule has 1 N–H and O–H groups in total. The van der Waals surface area contributed by atoms with Crippen molar-refractivity contribution in [3.63, 3.8) is 0 Å². The van der Waals surface area contributed by atoms with Crippen molar-refractivity contribution in [2.24, 2.45) is 0 Å². The van der Waals surface area contributed by atoms with Crippen LogP contribution in [0.4, 0.5) is 5.00 Å². The topological polar surface area (TPSA) is 58.6 Å². The Kier molecular flexibility index (Phi) is 12.4. The number of hydrogen-bond donors (Lipinski definition) is 1. The van der Waals surface area contributed by atoms with Crippen molar-refractivity contribution in [2.75, 3.05) is 26.5 Å². The zero-order valence-corrected chi connectivity index (χ0v) is 15.8. The Balaban J connectivity index is 0. The van der Waals surface area contributed by atoms with Gasteiger partial charge in [-0.25, -0.2) is 0 Å². The summed E-state index contributed by atoms with van der Waals surface area (Å²) in [7, 11) is 5.35. The van der Waals surface area contributed by atoms with Gasteiger partial charge in [0.15, 0.2) is 0 Å². The molecule has 0 bridgehead atoms. The molecule has 1 heterocycles. The summed E-state index contributed by atoms with van der Waals surface area (Å²) in [6.45, 7) is 10.2. The Morgan fingerprint density at radius 1 is 1.32 bits per heavy atom. The monoisotopic (exact) mass is 330 g/mol. The van der Waals surface area contributed by atoms with E-state index in [1.165, 1.54) is 17.8 Å². The molecule has 5 nitrogen and oxygen atoms in total. The van der Waals surface area contributed by atoms with E-state index < -0.39 is 0 Å². The number of carbonyl (C=O) groups is 2. The van der Waals surface area contributed by atoms with Crippen LogP contribution >= 0.6 is 11.3 Å². The van der Waals surface area contributed by atoms with Crippen molar-refractivity contribution in [1.29, 1.82) is 0 Å². The average Bonchev–Trinajstić information content (AvgIpc) is 2.86. The Morgan fingerprint density at radius 3 is 2.05 bits per heavy atom. The second-order valence-corrected chi connectivity index (χ2v) is 6.73. The van der Waals surface area contributed by atoms with Crippen LogP contribution in [0.1, 0.15) is 50.7 Å². The molecule has 1 aromatic rings. The fraction of sp³-hybridized carbons (Fsp3) is 0.625. The molecule has 0 unspecified atom stereocenters. The quantitative estimate of drug-likeness (QED) is 0.855. The summed E-state index contributed by atoms with van der Waals surface area (Å²) in [5.74, 6) is 0.0569. The van der Waals surface area contributed by atoms with Gasteiger partial charge in [-0.15, -0.1) is 11.3 Å². The first-order valence-electron chi connectivity index (χ1n) is 7.23. The number of thiophene rings is 1. The van der Waals surface area contributed by atoms with Crippen LogP contribution in [0.5, 0.6) is 0 Å². The minimum absolute atomic E-state index is 0.0569. The number of ether oxygens (including phenoxy) is 1. The fourth-order valence-electron chi connectivity index (χ4n) is 0.952. The lowest BCUT2D eigenvalue weighted by molar-refractivity contribution is -0.138. The minimum Gasteiger partial charge on any atom is -0.462 e. The molecule has 0 aliphatic carbocycles. The number of nitrogens with zero attached hydrogens (tertiary/aromatic N) is 1. The van der Waals surface area contributed by atoms with E-state index in [9.17, 15) is 9.59 Å². The Hall–Kier alpha value is -1.56. The Labute approximate surface area is 138 Å². The first-order chi connectivity index (χ1) is 10.1. The van der Waals surface area contributed by atoms with Crippen LogP contribution < -0.4 is 5.32 Å². The molecule has 0 aliphatic heterocycles. The standard InChI is InChI=1S/C8H12N2OS.C5H10O2.C3H8/c1-9-7-5-4-6(12-7)8(11)10(2)3;1-5(2,3)7-4-6;1-3-2/h4-5,9H,1-3H3;4H,1-3H3;3H2,1-2H3. The van der Waals surface area contributed by atoms with Gasteiger partial charge in [-0.1, -0.05) is 20.3 Å². The molecular weight excluding hydrogens is 300 g/mol. The van der Waals surface area contributed by atoms with Crippen LogP contribution in [0, 0.1) is 0 Å². The van der Waals surface area contributed by atoms with Crippen molar-refractivity contribution < 1.29 is 14.3 Å². The van der Waals surface area contributed by atoms with Gasteiger partial charge in [-0.3, -0.25) is 9.59 Å². The van der Waals surface area contributed by atoms with Crippen molar-refractivity contribution in [1.82, 2.24) is 4.90 Å². The largest absolute Gasteiger partial charge is 0.462 e. The molecule has 1 aromatic heterocycles. The minimum atomic E-state index is -0.318. The zero-order valence-electron chi connectivity index (χ0n) is 15.0. The van der Waals surface area contributed by atoms with E-state index in [1.807, 2.05) is 40.0 Å². The highest BCUT2D eigenvalue weighted by molar-refractivity contribution is 7.17. The van der Waals surface area contributed by atoms with Crippen molar-refractivity contribution >= 4 is 28.7 Å². The van der Waals surface area contributed by atoms with Crippen LogP contribution in [0.3, 0.4) is 0 Å². The first-order valence-corrected chi connectivity index (χ1v) is 8.05. The molecule has 0 radical (unpaired) electrons. The van der Waals surface area contributed by atoms with Gasteiger partial charge in [0.2, 0.25) is 0 Å². The normalized spacial score (nSPS) is 9.45. The van der Waals surface area contributed by atoms with Gasteiger partial charge < -0.3 is 15.0 Å². The van der Waals surface area contributed by atoms with Crippen molar-refractivity contribution in [3.8, 4) is 0 Å². The van der Waals surface area contributed by atoms with Gasteiger partial charge >= 0.3 is 0 Å². The third-order valence-electron chi connectivity index (χ3n) is 1.87. The van der Waals surface area contributed by atoms with E-state index in [2.05, 4.69) is 23.9 Å². The molecule has 1 amide bonds. The third-order valence-corrected chi connectivity index (χ3v) is 2.96. The highest BCUT2D eigenvalue weighted by atomic mass is 32.1. The molecule has 0 atom stereocenters. The predicted molar refractivity (Wildman–Crippen MR) is 94.8 cm³/mol. The maximum absolute atomic E-state index is 11.4. The Morgan fingerprint density at radius 2 is 1.82 bits per heavy atom. The summed E-state index contributed by atoms with van der Waals surface area (Å²) in [5.41, 5.74) is -0.318. The number of rotatable bonds is 3. The van der Waals surface area contributed by atoms with Crippen LogP contribution in [-0.4, -0.2) is 44.0 Å². The lowest BCUT2D eigenvalue weighted by Crippen LogP contribution is -2.20.